The van der Waals surface area contributed by atoms with Crippen molar-refractivity contribution in [2.75, 3.05) is 18.0 Å². The van der Waals surface area contributed by atoms with Crippen LogP contribution in [0.3, 0.4) is 0 Å². The number of hydrogen-bond acceptors (Lipinski definition) is 5. The van der Waals surface area contributed by atoms with Gasteiger partial charge in [0.05, 0.1) is 12.1 Å². The highest BCUT2D eigenvalue weighted by atomic mass is 16.5. The molecular weight excluding hydrogens is 266 g/mol. The number of hydrogen-bond donors (Lipinski definition) is 0. The maximum Gasteiger partial charge on any atom is 0.257 e. The summed E-state index contributed by atoms with van der Waals surface area (Å²) in [7, 11) is 0. The summed E-state index contributed by atoms with van der Waals surface area (Å²) in [6, 6.07) is 2.34. The third-order valence-corrected chi connectivity index (χ3v) is 3.59. The quantitative estimate of drug-likeness (QED) is 0.863. The molecule has 0 aromatic carbocycles. The molecule has 0 unspecified atom stereocenters. The molecule has 0 spiro atoms. The van der Waals surface area contributed by atoms with Crippen molar-refractivity contribution in [3.8, 4) is 5.88 Å². The number of aromatic nitrogens is 4. The monoisotopic (exact) mass is 287 g/mol. The number of anilines is 1. The molecule has 1 aliphatic heterocycles. The van der Waals surface area contributed by atoms with E-state index in [2.05, 4.69) is 20.0 Å². The lowest BCUT2D eigenvalue weighted by Crippen LogP contribution is -2.37. The van der Waals surface area contributed by atoms with Crippen LogP contribution in [0.2, 0.25) is 0 Å². The van der Waals surface area contributed by atoms with E-state index >= 15 is 0 Å². The first kappa shape index (κ1) is 13.9. The van der Waals surface area contributed by atoms with Crippen molar-refractivity contribution in [1.82, 2.24) is 19.7 Å². The Labute approximate surface area is 124 Å². The molecule has 2 aromatic rings. The van der Waals surface area contributed by atoms with E-state index in [0.717, 1.165) is 31.7 Å². The van der Waals surface area contributed by atoms with Gasteiger partial charge in [0.25, 0.3) is 5.88 Å². The second kappa shape index (κ2) is 6.11. The Hall–Kier alpha value is -2.11. The maximum absolute atomic E-state index is 5.79. The van der Waals surface area contributed by atoms with Crippen molar-refractivity contribution in [3.63, 3.8) is 0 Å². The lowest BCUT2D eigenvalue weighted by atomic mass is 10.1. The fraction of sp³-hybridized carbons (Fsp3) is 0.533. The molecule has 2 aromatic heterocycles. The van der Waals surface area contributed by atoms with Gasteiger partial charge in [0.2, 0.25) is 0 Å². The third-order valence-electron chi connectivity index (χ3n) is 3.59. The summed E-state index contributed by atoms with van der Waals surface area (Å²) in [4.78, 5) is 11.1. The highest BCUT2D eigenvalue weighted by molar-refractivity contribution is 5.48. The summed E-state index contributed by atoms with van der Waals surface area (Å²) < 4.78 is 7.82. The van der Waals surface area contributed by atoms with Gasteiger partial charge in [-0.05, 0) is 32.8 Å². The van der Waals surface area contributed by atoms with Crippen LogP contribution in [0.4, 0.5) is 5.82 Å². The van der Waals surface area contributed by atoms with Crippen LogP contribution in [0.5, 0.6) is 5.88 Å². The second-order valence-electron chi connectivity index (χ2n) is 5.58. The molecule has 1 aliphatic rings. The molecule has 112 valence electrons. The van der Waals surface area contributed by atoms with Crippen LogP contribution >= 0.6 is 0 Å². The van der Waals surface area contributed by atoms with E-state index in [9.17, 15) is 0 Å². The lowest BCUT2D eigenvalue weighted by molar-refractivity contribution is 0.231. The first-order valence-electron chi connectivity index (χ1n) is 7.46. The molecule has 1 atom stereocenters. The van der Waals surface area contributed by atoms with Crippen LogP contribution < -0.4 is 9.64 Å². The minimum Gasteiger partial charge on any atom is -0.472 e. The van der Waals surface area contributed by atoms with E-state index in [-0.39, 0.29) is 6.10 Å². The van der Waals surface area contributed by atoms with Gasteiger partial charge >= 0.3 is 0 Å². The predicted molar refractivity (Wildman–Crippen MR) is 80.5 cm³/mol. The Balaban J connectivity index is 1.80. The minimum atomic E-state index is 0.0900. The molecule has 0 aliphatic carbocycles. The summed E-state index contributed by atoms with van der Waals surface area (Å²) >= 11 is 0. The number of rotatable bonds is 4. The molecule has 1 saturated heterocycles. The molecule has 0 saturated carbocycles. The van der Waals surface area contributed by atoms with E-state index in [4.69, 9.17) is 4.74 Å². The predicted octanol–water partition coefficient (Wildman–Crippen LogP) is 2.30. The Bertz CT molecular complexity index is 569. The van der Waals surface area contributed by atoms with Gasteiger partial charge in [-0.2, -0.15) is 5.10 Å². The van der Waals surface area contributed by atoms with Gasteiger partial charge in [-0.25, -0.2) is 9.97 Å². The van der Waals surface area contributed by atoms with Crippen molar-refractivity contribution in [3.05, 3.63) is 30.9 Å². The normalized spacial score (nSPS) is 19.0. The number of ether oxygens (including phenoxy) is 1. The van der Waals surface area contributed by atoms with Gasteiger partial charge in [-0.3, -0.25) is 4.68 Å². The Kier molecular flexibility index (Phi) is 4.03. The SMILES string of the molecule is CC(C)Oc1nccnc1N1CCC[C@H](n2cccn2)C1. The van der Waals surface area contributed by atoms with E-state index in [1.165, 1.54) is 0 Å². The van der Waals surface area contributed by atoms with Gasteiger partial charge in [-0.1, -0.05) is 0 Å². The molecule has 21 heavy (non-hydrogen) atoms. The van der Waals surface area contributed by atoms with Crippen molar-refractivity contribution in [1.29, 1.82) is 0 Å². The molecule has 3 rings (SSSR count). The van der Waals surface area contributed by atoms with Crippen LogP contribution in [0, 0.1) is 0 Å². The van der Waals surface area contributed by atoms with E-state index in [1.54, 1.807) is 12.4 Å². The molecule has 1 fully saturated rings. The first-order valence-corrected chi connectivity index (χ1v) is 7.46. The second-order valence-corrected chi connectivity index (χ2v) is 5.58. The molecule has 0 N–H and O–H groups in total. The summed E-state index contributed by atoms with van der Waals surface area (Å²) in [5.41, 5.74) is 0. The van der Waals surface area contributed by atoms with Crippen molar-refractivity contribution in [2.45, 2.75) is 38.8 Å². The van der Waals surface area contributed by atoms with E-state index < -0.39 is 0 Å². The van der Waals surface area contributed by atoms with Crippen LogP contribution in [0.1, 0.15) is 32.7 Å². The maximum atomic E-state index is 5.79. The van der Waals surface area contributed by atoms with Gasteiger partial charge in [0.1, 0.15) is 0 Å². The van der Waals surface area contributed by atoms with E-state index in [1.807, 2.05) is 37.0 Å². The average Bonchev–Trinajstić information content (AvgIpc) is 3.02. The third kappa shape index (κ3) is 3.15. The van der Waals surface area contributed by atoms with Gasteiger partial charge in [0.15, 0.2) is 5.82 Å². The average molecular weight is 287 g/mol. The van der Waals surface area contributed by atoms with Crippen LogP contribution in [0.15, 0.2) is 30.9 Å². The fourth-order valence-corrected chi connectivity index (χ4v) is 2.70. The largest absolute Gasteiger partial charge is 0.472 e. The van der Waals surface area contributed by atoms with Crippen LogP contribution in [-0.2, 0) is 0 Å². The first-order chi connectivity index (χ1) is 10.2. The standard InChI is InChI=1S/C15H21N5O/c1-12(2)21-15-14(16-7-8-17-15)19-9-3-5-13(11-19)20-10-4-6-18-20/h4,6-8,10,12-13H,3,5,9,11H2,1-2H3/t13-/m0/s1. The van der Waals surface area contributed by atoms with E-state index in [0.29, 0.717) is 11.9 Å². The highest BCUT2D eigenvalue weighted by Gasteiger charge is 2.25. The zero-order valence-electron chi connectivity index (χ0n) is 12.5. The summed E-state index contributed by atoms with van der Waals surface area (Å²) in [6.07, 6.45) is 9.59. The van der Waals surface area contributed by atoms with Crippen LogP contribution in [-0.4, -0.2) is 38.9 Å². The zero-order chi connectivity index (χ0) is 14.7. The Morgan fingerprint density at radius 1 is 1.24 bits per heavy atom. The minimum absolute atomic E-state index is 0.0900. The lowest BCUT2D eigenvalue weighted by Gasteiger charge is -2.34. The van der Waals surface area contributed by atoms with Crippen molar-refractivity contribution < 1.29 is 4.74 Å². The van der Waals surface area contributed by atoms with Crippen molar-refractivity contribution >= 4 is 5.82 Å². The van der Waals surface area contributed by atoms with Crippen LogP contribution in [0.25, 0.3) is 0 Å². The molecule has 0 radical (unpaired) electrons. The Morgan fingerprint density at radius 3 is 2.86 bits per heavy atom. The summed E-state index contributed by atoms with van der Waals surface area (Å²) in [6.45, 7) is 5.86. The zero-order valence-corrected chi connectivity index (χ0v) is 12.5. The molecule has 0 bridgehead atoms. The highest BCUT2D eigenvalue weighted by Crippen LogP contribution is 2.29. The smallest absolute Gasteiger partial charge is 0.257 e. The molecule has 3 heterocycles. The van der Waals surface area contributed by atoms with Crippen molar-refractivity contribution in [2.24, 2.45) is 0 Å². The molecule has 6 heteroatoms. The van der Waals surface area contributed by atoms with Gasteiger partial charge in [0, 0.05) is 37.9 Å². The number of nitrogens with zero attached hydrogens (tertiary/aromatic N) is 5. The van der Waals surface area contributed by atoms with Gasteiger partial charge < -0.3 is 9.64 Å². The van der Waals surface area contributed by atoms with Gasteiger partial charge in [-0.15, -0.1) is 0 Å². The number of piperidine rings is 1. The molecule has 0 amide bonds. The summed E-state index contributed by atoms with van der Waals surface area (Å²) in [5, 5.41) is 4.36. The Morgan fingerprint density at radius 2 is 2.10 bits per heavy atom. The molecular formula is C15H21N5O. The topological polar surface area (TPSA) is 56.1 Å². The summed E-state index contributed by atoms with van der Waals surface area (Å²) in [5.74, 6) is 1.46. The molecule has 6 nitrogen and oxygen atoms in total. The fourth-order valence-electron chi connectivity index (χ4n) is 2.70.